The molecule has 0 unspecified atom stereocenters. The van der Waals surface area contributed by atoms with Crippen molar-refractivity contribution in [2.24, 2.45) is 5.92 Å². The van der Waals surface area contributed by atoms with E-state index in [-0.39, 0.29) is 0 Å². The van der Waals surface area contributed by atoms with E-state index >= 15 is 0 Å². The summed E-state index contributed by atoms with van der Waals surface area (Å²) in [5, 5.41) is 17.5. The van der Waals surface area contributed by atoms with Gasteiger partial charge in [0, 0.05) is 56.3 Å². The Morgan fingerprint density at radius 2 is 2.13 bits per heavy atom. The number of aromatic nitrogens is 5. The average molecular weight is 406 g/mol. The van der Waals surface area contributed by atoms with Gasteiger partial charge in [0.05, 0.1) is 17.3 Å². The first-order valence-electron chi connectivity index (χ1n) is 10.1. The summed E-state index contributed by atoms with van der Waals surface area (Å²) in [6.07, 6.45) is 6.52. The number of imidazole rings is 1. The third kappa shape index (κ3) is 4.16. The number of anilines is 2. The molecule has 1 aliphatic rings. The van der Waals surface area contributed by atoms with Crippen LogP contribution < -0.4 is 16.0 Å². The van der Waals surface area contributed by atoms with Gasteiger partial charge in [-0.2, -0.15) is 0 Å². The van der Waals surface area contributed by atoms with Gasteiger partial charge in [-0.3, -0.25) is 0 Å². The van der Waals surface area contributed by atoms with Gasteiger partial charge in [-0.05, 0) is 26.8 Å². The summed E-state index contributed by atoms with van der Waals surface area (Å²) in [5.41, 5.74) is 2.53. The highest BCUT2D eigenvalue weighted by Crippen LogP contribution is 2.23. The highest BCUT2D eigenvalue weighted by Gasteiger charge is 2.15. The lowest BCUT2D eigenvalue weighted by atomic mass is 10.0. The Balaban J connectivity index is 1.54. The van der Waals surface area contributed by atoms with E-state index in [1.54, 1.807) is 24.7 Å². The Kier molecular flexibility index (Phi) is 5.71. The molecule has 4 N–H and O–H groups in total. The van der Waals surface area contributed by atoms with Crippen molar-refractivity contribution in [3.63, 3.8) is 0 Å². The zero-order chi connectivity index (χ0) is 21.1. The minimum Gasteiger partial charge on any atom is -0.390 e. The molecule has 0 spiro atoms. The van der Waals surface area contributed by atoms with Gasteiger partial charge in [-0.15, -0.1) is 0 Å². The minimum absolute atomic E-state index is 0.305. The smallest absolute Gasteiger partial charge is 0.164 e. The number of aryl methyl sites for hydroxylation is 1. The molecule has 0 aromatic carbocycles. The SMILES string of the molecule is Cc1nc2cnc(Nc3ccnc(/C(C=N)=C/NCC4CNC4)n3)cc2n1C(C)C. The number of allylic oxidation sites excluding steroid dienone is 1. The first-order chi connectivity index (χ1) is 14.5. The van der Waals surface area contributed by atoms with Crippen molar-refractivity contribution >= 4 is 34.5 Å². The molecule has 3 aromatic heterocycles. The van der Waals surface area contributed by atoms with Crippen LogP contribution in [-0.4, -0.2) is 50.4 Å². The van der Waals surface area contributed by atoms with Crippen molar-refractivity contribution in [1.29, 1.82) is 5.41 Å². The zero-order valence-electron chi connectivity index (χ0n) is 17.5. The van der Waals surface area contributed by atoms with Gasteiger partial charge >= 0.3 is 0 Å². The summed E-state index contributed by atoms with van der Waals surface area (Å²) >= 11 is 0. The fourth-order valence-corrected chi connectivity index (χ4v) is 3.54. The van der Waals surface area contributed by atoms with E-state index in [1.165, 1.54) is 6.21 Å². The highest BCUT2D eigenvalue weighted by molar-refractivity contribution is 6.06. The summed E-state index contributed by atoms with van der Waals surface area (Å²) in [6, 6.07) is 4.08. The molecule has 4 rings (SSSR count). The van der Waals surface area contributed by atoms with Crippen molar-refractivity contribution < 1.29 is 0 Å². The molecule has 0 atom stereocenters. The first-order valence-corrected chi connectivity index (χ1v) is 10.1. The zero-order valence-corrected chi connectivity index (χ0v) is 17.5. The Morgan fingerprint density at radius 3 is 2.83 bits per heavy atom. The maximum absolute atomic E-state index is 7.72. The maximum Gasteiger partial charge on any atom is 0.164 e. The second-order valence-corrected chi connectivity index (χ2v) is 7.75. The Morgan fingerprint density at radius 1 is 1.30 bits per heavy atom. The largest absolute Gasteiger partial charge is 0.390 e. The molecule has 1 saturated heterocycles. The molecule has 0 amide bonds. The highest BCUT2D eigenvalue weighted by atomic mass is 15.1. The number of nitrogens with zero attached hydrogens (tertiary/aromatic N) is 5. The molecular formula is C21H27N9. The average Bonchev–Trinajstić information content (AvgIpc) is 3.02. The van der Waals surface area contributed by atoms with Crippen LogP contribution in [0, 0.1) is 18.3 Å². The lowest BCUT2D eigenvalue weighted by Gasteiger charge is -2.26. The van der Waals surface area contributed by atoms with Crippen LogP contribution in [0.1, 0.15) is 31.5 Å². The third-order valence-electron chi connectivity index (χ3n) is 5.12. The molecule has 30 heavy (non-hydrogen) atoms. The molecule has 0 bridgehead atoms. The molecule has 0 radical (unpaired) electrons. The van der Waals surface area contributed by atoms with Crippen LogP contribution in [0.4, 0.5) is 11.6 Å². The number of pyridine rings is 1. The number of hydrogen-bond donors (Lipinski definition) is 4. The van der Waals surface area contributed by atoms with E-state index < -0.39 is 0 Å². The van der Waals surface area contributed by atoms with Gasteiger partial charge in [-0.1, -0.05) is 0 Å². The van der Waals surface area contributed by atoms with Crippen molar-refractivity contribution in [3.8, 4) is 0 Å². The summed E-state index contributed by atoms with van der Waals surface area (Å²) < 4.78 is 2.19. The van der Waals surface area contributed by atoms with Crippen LogP contribution in [-0.2, 0) is 0 Å². The third-order valence-corrected chi connectivity index (χ3v) is 5.12. The van der Waals surface area contributed by atoms with E-state index in [4.69, 9.17) is 5.41 Å². The summed E-state index contributed by atoms with van der Waals surface area (Å²) in [5.74, 6) is 3.39. The Labute approximate surface area is 175 Å². The molecule has 3 aromatic rings. The minimum atomic E-state index is 0.305. The van der Waals surface area contributed by atoms with E-state index in [1.807, 2.05) is 13.0 Å². The van der Waals surface area contributed by atoms with E-state index in [2.05, 4.69) is 54.3 Å². The predicted octanol–water partition coefficient (Wildman–Crippen LogP) is 2.65. The Bertz CT molecular complexity index is 1080. The van der Waals surface area contributed by atoms with Crippen molar-refractivity contribution in [2.75, 3.05) is 25.0 Å². The van der Waals surface area contributed by atoms with E-state index in [9.17, 15) is 0 Å². The van der Waals surface area contributed by atoms with Gasteiger partial charge < -0.3 is 25.9 Å². The van der Waals surface area contributed by atoms with Gasteiger partial charge in [0.25, 0.3) is 0 Å². The number of fused-ring (bicyclic) bond motifs is 1. The molecule has 0 saturated carbocycles. The van der Waals surface area contributed by atoms with Gasteiger partial charge in [0.15, 0.2) is 5.82 Å². The van der Waals surface area contributed by atoms with Gasteiger partial charge in [0.2, 0.25) is 0 Å². The number of rotatable bonds is 8. The molecule has 4 heterocycles. The molecular weight excluding hydrogens is 378 g/mol. The van der Waals surface area contributed by atoms with Gasteiger partial charge in [-0.25, -0.2) is 19.9 Å². The molecule has 1 aliphatic heterocycles. The van der Waals surface area contributed by atoms with E-state index in [0.717, 1.165) is 36.5 Å². The maximum atomic E-state index is 7.72. The quantitative estimate of drug-likeness (QED) is 0.426. The first kappa shape index (κ1) is 20.0. The van der Waals surface area contributed by atoms with Crippen LogP contribution in [0.5, 0.6) is 0 Å². The molecule has 0 aliphatic carbocycles. The second-order valence-electron chi connectivity index (χ2n) is 7.75. The normalized spacial score (nSPS) is 14.7. The number of nitrogens with one attached hydrogen (secondary N) is 4. The van der Waals surface area contributed by atoms with Gasteiger partial charge in [0.1, 0.15) is 23.0 Å². The lowest BCUT2D eigenvalue weighted by Crippen LogP contribution is -2.46. The second kappa shape index (κ2) is 8.58. The van der Waals surface area contributed by atoms with Crippen molar-refractivity contribution in [2.45, 2.75) is 26.8 Å². The summed E-state index contributed by atoms with van der Waals surface area (Å²) in [4.78, 5) is 17.9. The fraction of sp³-hybridized carbons (Fsp3) is 0.381. The van der Waals surface area contributed by atoms with E-state index in [0.29, 0.717) is 35.0 Å². The molecule has 9 heteroatoms. The van der Waals surface area contributed by atoms with Crippen molar-refractivity contribution in [3.05, 3.63) is 42.4 Å². The summed E-state index contributed by atoms with van der Waals surface area (Å²) in [7, 11) is 0. The van der Waals surface area contributed by atoms with Crippen LogP contribution in [0.15, 0.2) is 30.7 Å². The Hall–Kier alpha value is -3.33. The van der Waals surface area contributed by atoms with Crippen LogP contribution in [0.25, 0.3) is 16.6 Å². The summed E-state index contributed by atoms with van der Waals surface area (Å²) in [6.45, 7) is 9.21. The van der Waals surface area contributed by atoms with Crippen LogP contribution in [0.3, 0.4) is 0 Å². The fourth-order valence-electron chi connectivity index (χ4n) is 3.54. The van der Waals surface area contributed by atoms with Crippen LogP contribution in [0.2, 0.25) is 0 Å². The topological polar surface area (TPSA) is 116 Å². The predicted molar refractivity (Wildman–Crippen MR) is 119 cm³/mol. The molecule has 156 valence electrons. The standard InChI is InChI=1S/C21H27N9/c1-13(2)30-14(3)27-17-12-26-20(6-18(17)30)28-19-4-5-25-21(29-19)16(7-22)11-24-10-15-8-23-9-15/h4-7,11-13,15,22-24H,8-10H2,1-3H3,(H,25,26,28,29)/b16-11+,22-7?. The molecule has 9 nitrogen and oxygen atoms in total. The number of hydrogen-bond acceptors (Lipinski definition) is 8. The van der Waals surface area contributed by atoms with Crippen molar-refractivity contribution in [1.82, 2.24) is 35.1 Å². The molecule has 1 fully saturated rings. The monoisotopic (exact) mass is 405 g/mol. The van der Waals surface area contributed by atoms with Crippen LogP contribution >= 0.6 is 0 Å². The lowest BCUT2D eigenvalue weighted by molar-refractivity contribution is 0.343.